The Balaban J connectivity index is 0.00000208. The van der Waals surface area contributed by atoms with Crippen molar-refractivity contribution >= 4 is 110 Å². The molecule has 8 rings (SSSR count). The molecular formula is C36H33Cl2NO2P2S6. The lowest BCUT2D eigenvalue weighted by atomic mass is 10.0. The summed E-state index contributed by atoms with van der Waals surface area (Å²) in [7, 11) is -4.13. The highest BCUT2D eigenvalue weighted by molar-refractivity contribution is 8.04. The number of rotatable bonds is 10. The molecule has 0 unspecified atom stereocenters. The van der Waals surface area contributed by atoms with Crippen molar-refractivity contribution in [1.29, 1.82) is 0 Å². The fraction of sp³-hybridized carbons (Fsp3) is 0.194. The van der Waals surface area contributed by atoms with E-state index in [9.17, 15) is 0 Å². The van der Waals surface area contributed by atoms with Crippen LogP contribution < -0.4 is 57.3 Å². The van der Waals surface area contributed by atoms with Gasteiger partial charge in [0.25, 0.3) is 0 Å². The minimum Gasteiger partial charge on any atom is -1.00 e. The second-order valence-corrected chi connectivity index (χ2v) is 26.1. The molecule has 0 N–H and O–H groups in total. The van der Waals surface area contributed by atoms with E-state index < -0.39 is 20.3 Å². The van der Waals surface area contributed by atoms with Crippen LogP contribution in [0.5, 0.6) is 5.75 Å². The minimum atomic E-state index is -2.07. The van der Waals surface area contributed by atoms with Gasteiger partial charge < -0.3 is 34.3 Å². The summed E-state index contributed by atoms with van der Waals surface area (Å²) in [5, 5.41) is 13.4. The number of ether oxygens (including phenoxy) is 2. The molecule has 0 radical (unpaired) electrons. The Morgan fingerprint density at radius 2 is 0.980 bits per heavy atom. The fourth-order valence-corrected chi connectivity index (χ4v) is 26.2. The Labute approximate surface area is 325 Å². The summed E-state index contributed by atoms with van der Waals surface area (Å²) in [6.07, 6.45) is 1.74. The van der Waals surface area contributed by atoms with E-state index >= 15 is 0 Å². The SMILES string of the molecule is Cc1nc(C[P+](c2cccs2)(c2cccs2)c2cccs2)c(C[P+](c2cccs2)(c2cccs2)c2cccs2)c2c1OC(C)(C)OC2.[Cl-].[Cl-]. The van der Waals surface area contributed by atoms with Gasteiger partial charge in [-0.1, -0.05) is 0 Å². The Morgan fingerprint density at radius 3 is 1.33 bits per heavy atom. The molecule has 254 valence electrons. The maximum atomic E-state index is 6.63. The molecule has 0 amide bonds. The molecule has 1 aliphatic heterocycles. The van der Waals surface area contributed by atoms with Gasteiger partial charge in [-0.05, 0) is 112 Å². The predicted molar refractivity (Wildman–Crippen MR) is 213 cm³/mol. The molecule has 0 atom stereocenters. The third-order valence-electron chi connectivity index (χ3n) is 8.61. The van der Waals surface area contributed by atoms with Gasteiger partial charge in [0.15, 0.2) is 27.7 Å². The van der Waals surface area contributed by atoms with E-state index in [1.165, 1.54) is 44.5 Å². The smallest absolute Gasteiger partial charge is 0.205 e. The lowest BCUT2D eigenvalue weighted by molar-refractivity contribution is -0.180. The largest absolute Gasteiger partial charge is 1.00 e. The maximum absolute atomic E-state index is 6.63. The zero-order valence-electron chi connectivity index (χ0n) is 26.9. The van der Waals surface area contributed by atoms with Crippen molar-refractivity contribution < 1.29 is 34.3 Å². The molecule has 1 aliphatic rings. The summed E-state index contributed by atoms with van der Waals surface area (Å²) in [4.78, 5) is 5.58. The standard InChI is InChI=1S/C36H33NO2P2S6.2ClH/c1-25-35-26(22-38-36(2,3)39-35)27(23-40(29-10-4-16-42-29,30-11-5-17-43-30)31-12-6-18-44-31)28(37-25)24-41(32-13-7-19-45-32,33-14-8-20-46-33)34-15-9-21-47-34;;/h4-21H,22-24H2,1-3H3;2*1H/q+2;;/p-2. The first-order valence-corrected chi connectivity index (χ1v) is 24.5. The van der Waals surface area contributed by atoms with Crippen molar-refractivity contribution in [3.8, 4) is 5.75 Å². The number of nitrogens with zero attached hydrogens (tertiary/aromatic N) is 1. The number of thiophene rings is 6. The first-order valence-electron chi connectivity index (χ1n) is 15.3. The third kappa shape index (κ3) is 6.69. The first kappa shape index (κ1) is 37.3. The lowest BCUT2D eigenvalue weighted by Crippen LogP contribution is -3.00. The summed E-state index contributed by atoms with van der Waals surface area (Å²) in [5.74, 6) is 0.190. The third-order valence-corrected chi connectivity index (χ3v) is 27.1. The Morgan fingerprint density at radius 1 is 0.612 bits per heavy atom. The number of aromatic nitrogens is 1. The molecule has 7 aromatic heterocycles. The number of hydrogen-bond donors (Lipinski definition) is 0. The summed E-state index contributed by atoms with van der Waals surface area (Å²) in [5.41, 5.74) is 4.61. The van der Waals surface area contributed by atoms with E-state index in [0.29, 0.717) is 6.61 Å². The monoisotopic (exact) mass is 835 g/mol. The van der Waals surface area contributed by atoms with Gasteiger partial charge in [-0.2, -0.15) is 0 Å². The van der Waals surface area contributed by atoms with Crippen molar-refractivity contribution in [2.45, 2.75) is 45.5 Å². The number of aryl methyl sites for hydroxylation is 1. The highest BCUT2D eigenvalue weighted by atomic mass is 35.5. The molecule has 0 saturated carbocycles. The molecule has 0 aliphatic carbocycles. The minimum absolute atomic E-state index is 0. The van der Waals surface area contributed by atoms with Gasteiger partial charge in [-0.15, -0.1) is 68.0 Å². The van der Waals surface area contributed by atoms with E-state index in [1.54, 1.807) is 0 Å². The molecule has 8 heterocycles. The van der Waals surface area contributed by atoms with Gasteiger partial charge in [0.05, 0.1) is 18.0 Å². The average molecular weight is 837 g/mol. The fourth-order valence-electron chi connectivity index (χ4n) is 6.48. The van der Waals surface area contributed by atoms with Crippen LogP contribution in [0.15, 0.2) is 105 Å². The van der Waals surface area contributed by atoms with Gasteiger partial charge in [-0.3, -0.25) is 0 Å². The number of hydrogen-bond acceptors (Lipinski definition) is 9. The number of halogens is 2. The van der Waals surface area contributed by atoms with Gasteiger partial charge in [0.1, 0.15) is 32.6 Å². The topological polar surface area (TPSA) is 31.4 Å². The molecule has 0 aromatic carbocycles. The van der Waals surface area contributed by atoms with Crippen LogP contribution in [-0.4, -0.2) is 10.8 Å². The van der Waals surface area contributed by atoms with E-state index in [2.05, 4.69) is 112 Å². The zero-order valence-corrected chi connectivity index (χ0v) is 35.1. The summed E-state index contributed by atoms with van der Waals surface area (Å²) in [6, 6.07) is 27.5. The van der Waals surface area contributed by atoms with Crippen molar-refractivity contribution in [1.82, 2.24) is 4.98 Å². The van der Waals surface area contributed by atoms with E-state index in [-0.39, 0.29) is 24.8 Å². The molecular weight excluding hydrogens is 804 g/mol. The zero-order chi connectivity index (χ0) is 32.1. The Bertz CT molecular complexity index is 1890. The van der Waals surface area contributed by atoms with Crippen LogP contribution in [0.1, 0.15) is 36.4 Å². The first-order chi connectivity index (χ1) is 22.9. The van der Waals surface area contributed by atoms with Crippen molar-refractivity contribution in [3.63, 3.8) is 0 Å². The van der Waals surface area contributed by atoms with Gasteiger partial charge >= 0.3 is 0 Å². The van der Waals surface area contributed by atoms with Gasteiger partial charge in [-0.25, -0.2) is 4.98 Å². The Hall–Kier alpha value is -1.45. The van der Waals surface area contributed by atoms with Crippen LogP contribution in [0.25, 0.3) is 0 Å². The summed E-state index contributed by atoms with van der Waals surface area (Å²) >= 11 is 11.3. The number of pyridine rings is 1. The highest BCUT2D eigenvalue weighted by Gasteiger charge is 2.53. The van der Waals surface area contributed by atoms with E-state index in [1.807, 2.05) is 81.9 Å². The van der Waals surface area contributed by atoms with E-state index in [0.717, 1.165) is 23.8 Å². The molecule has 3 nitrogen and oxygen atoms in total. The van der Waals surface area contributed by atoms with Crippen molar-refractivity contribution in [3.05, 3.63) is 128 Å². The second kappa shape index (κ2) is 15.3. The summed E-state index contributed by atoms with van der Waals surface area (Å²) < 4.78 is 21.8. The van der Waals surface area contributed by atoms with Crippen molar-refractivity contribution in [2.24, 2.45) is 0 Å². The van der Waals surface area contributed by atoms with Gasteiger partial charge in [0.2, 0.25) is 5.79 Å². The van der Waals surface area contributed by atoms with Crippen LogP contribution in [0.3, 0.4) is 0 Å². The quantitative estimate of drug-likeness (QED) is 0.198. The maximum Gasteiger partial charge on any atom is 0.205 e. The predicted octanol–water partition coefficient (Wildman–Crippen LogP) is 3.40. The van der Waals surface area contributed by atoms with Crippen molar-refractivity contribution in [2.75, 3.05) is 0 Å². The normalized spacial score (nSPS) is 14.0. The highest BCUT2D eigenvalue weighted by Crippen LogP contribution is 2.65. The molecule has 49 heavy (non-hydrogen) atoms. The Kier molecular flexibility index (Phi) is 11.6. The molecule has 0 fully saturated rings. The van der Waals surface area contributed by atoms with E-state index in [4.69, 9.17) is 14.5 Å². The summed E-state index contributed by atoms with van der Waals surface area (Å²) in [6.45, 7) is 6.64. The molecule has 0 bridgehead atoms. The lowest BCUT2D eigenvalue weighted by Gasteiger charge is -2.36. The van der Waals surface area contributed by atoms with Crippen LogP contribution in [0, 0.1) is 6.92 Å². The van der Waals surface area contributed by atoms with Gasteiger partial charge in [0, 0.05) is 25.0 Å². The second-order valence-electron chi connectivity index (χ2n) is 11.9. The molecule has 0 spiro atoms. The van der Waals surface area contributed by atoms with Crippen LogP contribution >= 0.6 is 82.5 Å². The van der Waals surface area contributed by atoms with Crippen LogP contribution in [-0.2, 0) is 23.7 Å². The average Bonchev–Trinajstić information content (AvgIpc) is 3.93. The van der Waals surface area contributed by atoms with Crippen LogP contribution in [0.4, 0.5) is 0 Å². The molecule has 13 heteroatoms. The van der Waals surface area contributed by atoms with Crippen LogP contribution in [0.2, 0.25) is 0 Å². The molecule has 0 saturated heterocycles. The number of fused-ring (bicyclic) bond motifs is 1. The molecule has 7 aromatic rings.